The van der Waals surface area contributed by atoms with Gasteiger partial charge in [-0.25, -0.2) is 0 Å². The van der Waals surface area contributed by atoms with Gasteiger partial charge in [0.2, 0.25) is 0 Å². The molecule has 6 nitrogen and oxygen atoms in total. The van der Waals surface area contributed by atoms with Crippen molar-refractivity contribution < 1.29 is 18.1 Å². The van der Waals surface area contributed by atoms with Gasteiger partial charge in [-0.15, -0.1) is 0 Å². The fourth-order valence-electron chi connectivity index (χ4n) is 19.9. The standard InChI is InChI=1S/C49H29NO.C37H29BO3.C18H12BrN/c1-2-12-32(13-3-1)50-45-21-11-7-17-36(45)38-26-30(22-24-46(38)50)31-23-25-47-39(27-31)40-28-37-35-16-6-10-20-43(35)49(44(37)29-48(40)51-47)41-18-8-4-14-33(41)34-15-5-9-19-42(34)49;1-35(2)36(3,4)41-38(40-35)22-17-18-33-27(19-22)28-20-26-25-13-7-10-16-31(25)37(32(26)21-34(28)39-33)29-14-8-5-11-23(29)24-12-6-9-15-30(24)37;19-13-10-11-18-16(12-13)15-8-4-5-9-17(15)20(18)14-6-2-1-3-7-14/h1-29H;5-21H,1-4H3;1-12H. The summed E-state index contributed by atoms with van der Waals surface area (Å²) in [6, 6.07) is 128. The maximum atomic E-state index is 6.72. The number of furan rings is 2. The maximum Gasteiger partial charge on any atom is 0.494 e. The number of fused-ring (bicyclic) bond motifs is 32. The minimum absolute atomic E-state index is 0.375. The molecule has 16 aromatic carbocycles. The molecule has 1 saturated heterocycles. The van der Waals surface area contributed by atoms with Crippen LogP contribution in [0.25, 0.3) is 154 Å². The van der Waals surface area contributed by atoms with Crippen molar-refractivity contribution in [1.82, 2.24) is 9.13 Å². The average molecular weight is 1500 g/mol. The van der Waals surface area contributed by atoms with Crippen molar-refractivity contribution in [3.05, 3.63) is 401 Å². The van der Waals surface area contributed by atoms with Gasteiger partial charge in [0.25, 0.3) is 0 Å². The Kier molecular flexibility index (Phi) is 14.0. The minimum atomic E-state index is -0.417. The number of hydrogen-bond acceptors (Lipinski definition) is 4. The molecule has 0 amide bonds. The minimum Gasteiger partial charge on any atom is -0.456 e. The first-order valence-corrected chi connectivity index (χ1v) is 39.5. The van der Waals surface area contributed by atoms with E-state index in [4.69, 9.17) is 18.1 Å². The molecule has 5 heterocycles. The average Bonchev–Trinajstić information content (AvgIpc) is 1.51. The number of benzene rings is 16. The fourth-order valence-corrected chi connectivity index (χ4v) is 20.2. The molecule has 5 aliphatic rings. The molecule has 112 heavy (non-hydrogen) atoms. The molecule has 1 aliphatic heterocycles. The van der Waals surface area contributed by atoms with Crippen LogP contribution in [0.4, 0.5) is 0 Å². The summed E-state index contributed by atoms with van der Waals surface area (Å²) in [6.45, 7) is 8.37. The van der Waals surface area contributed by atoms with Gasteiger partial charge >= 0.3 is 7.12 Å². The second kappa shape index (κ2) is 24.1. The Bertz CT molecular complexity index is 7270. The summed E-state index contributed by atoms with van der Waals surface area (Å²) in [7, 11) is -0.417. The third-order valence-corrected chi connectivity index (χ3v) is 25.9. The first kappa shape index (κ1) is 65.1. The van der Waals surface area contributed by atoms with E-state index in [0.29, 0.717) is 0 Å². The number of nitrogens with zero attached hydrogens (tertiary/aromatic N) is 2. The van der Waals surface area contributed by atoms with Gasteiger partial charge in [0.05, 0.1) is 44.1 Å². The van der Waals surface area contributed by atoms with E-state index in [-0.39, 0.29) is 10.8 Å². The van der Waals surface area contributed by atoms with Gasteiger partial charge in [0.1, 0.15) is 22.3 Å². The molecule has 0 saturated carbocycles. The zero-order valence-electron chi connectivity index (χ0n) is 62.0. The van der Waals surface area contributed by atoms with Gasteiger partial charge in [0, 0.05) is 58.9 Å². The van der Waals surface area contributed by atoms with Crippen LogP contribution >= 0.6 is 15.9 Å². The summed E-state index contributed by atoms with van der Waals surface area (Å²) in [6.07, 6.45) is 0. The van der Waals surface area contributed by atoms with Gasteiger partial charge in [-0.3, -0.25) is 0 Å². The first-order valence-electron chi connectivity index (χ1n) is 38.7. The highest BCUT2D eigenvalue weighted by atomic mass is 79.9. The number of aromatic nitrogens is 2. The van der Waals surface area contributed by atoms with Crippen LogP contribution in [-0.4, -0.2) is 27.5 Å². The highest BCUT2D eigenvalue weighted by Crippen LogP contribution is 2.65. The lowest BCUT2D eigenvalue weighted by Gasteiger charge is -2.32. The van der Waals surface area contributed by atoms with Gasteiger partial charge in [-0.1, -0.05) is 259 Å². The van der Waals surface area contributed by atoms with Crippen molar-refractivity contribution in [3.63, 3.8) is 0 Å². The number of halogens is 1. The van der Waals surface area contributed by atoms with Crippen LogP contribution in [0.5, 0.6) is 0 Å². The van der Waals surface area contributed by atoms with Gasteiger partial charge in [-0.2, -0.15) is 0 Å². The molecule has 8 heteroatoms. The van der Waals surface area contributed by atoms with Crippen LogP contribution in [0.15, 0.2) is 365 Å². The van der Waals surface area contributed by atoms with Crippen LogP contribution in [0, 0.1) is 0 Å². The molecule has 0 N–H and O–H groups in total. The molecule has 530 valence electrons. The van der Waals surface area contributed by atoms with Gasteiger partial charge in [0.15, 0.2) is 0 Å². The Morgan fingerprint density at radius 3 is 1.03 bits per heavy atom. The Balaban J connectivity index is 0.000000109. The third kappa shape index (κ3) is 9.11. The van der Waals surface area contributed by atoms with Crippen LogP contribution in [0.2, 0.25) is 0 Å². The molecular weight excluding hydrogens is 1430 g/mol. The Labute approximate surface area is 656 Å². The largest absolute Gasteiger partial charge is 0.494 e. The first-order chi connectivity index (χ1) is 54.9. The molecule has 0 bridgehead atoms. The second-order valence-electron chi connectivity index (χ2n) is 31.6. The van der Waals surface area contributed by atoms with E-state index in [9.17, 15) is 0 Å². The van der Waals surface area contributed by atoms with E-state index in [2.05, 4.69) is 399 Å². The third-order valence-electron chi connectivity index (χ3n) is 25.4. The van der Waals surface area contributed by atoms with E-state index in [1.807, 2.05) is 6.07 Å². The highest BCUT2D eigenvalue weighted by molar-refractivity contribution is 9.10. The van der Waals surface area contributed by atoms with Crippen molar-refractivity contribution in [2.24, 2.45) is 0 Å². The van der Waals surface area contributed by atoms with Crippen LogP contribution in [0.1, 0.15) is 72.2 Å². The van der Waals surface area contributed by atoms with Crippen molar-refractivity contribution >= 4 is 116 Å². The SMILES string of the molecule is Brc1ccc2c(c1)c1ccccc1n2-c1ccccc1.CC1(C)OB(c2ccc3oc4cc5c(cc4c3c2)-c2ccccc2C52c3ccccc3-c3ccccc32)OC1(C)C.c1ccc(-n2c3ccccc3c3cc(-c4ccc5oc6cc7c(cc6c5c4)-c4ccccc4C74c5ccccc5-c5ccccc54)ccc32)cc1. The summed E-state index contributed by atoms with van der Waals surface area (Å²) < 4.78 is 31.9. The quantitative estimate of drug-likeness (QED) is 0.165. The molecule has 20 aromatic rings. The van der Waals surface area contributed by atoms with Crippen LogP contribution in [-0.2, 0) is 20.1 Å². The maximum absolute atomic E-state index is 6.72. The molecule has 0 radical (unpaired) electrons. The van der Waals surface area contributed by atoms with Crippen molar-refractivity contribution in [3.8, 4) is 67.0 Å². The topological polar surface area (TPSA) is 54.6 Å². The molecule has 25 rings (SSSR count). The van der Waals surface area contributed by atoms with Crippen LogP contribution in [0.3, 0.4) is 0 Å². The zero-order valence-corrected chi connectivity index (χ0v) is 63.6. The Hall–Kier alpha value is -12.8. The van der Waals surface area contributed by atoms with Crippen LogP contribution < -0.4 is 5.46 Å². The molecule has 4 aliphatic carbocycles. The summed E-state index contributed by atoms with van der Waals surface area (Å²) in [5.74, 6) is 0. The molecular formula is C104H70BBrN2O4. The van der Waals surface area contributed by atoms with Crippen molar-refractivity contribution in [2.75, 3.05) is 0 Å². The monoisotopic (exact) mass is 1500 g/mol. The number of rotatable bonds is 4. The summed E-state index contributed by atoms with van der Waals surface area (Å²) in [5, 5.41) is 9.56. The van der Waals surface area contributed by atoms with E-state index < -0.39 is 18.3 Å². The summed E-state index contributed by atoms with van der Waals surface area (Å²) >= 11 is 3.57. The molecule has 4 aromatic heterocycles. The lowest BCUT2D eigenvalue weighted by molar-refractivity contribution is 0.00578. The molecule has 2 spiro atoms. The summed E-state index contributed by atoms with van der Waals surface area (Å²) in [5.41, 5.74) is 33.7. The predicted octanol–water partition coefficient (Wildman–Crippen LogP) is 26.5. The molecule has 0 atom stereocenters. The lowest BCUT2D eigenvalue weighted by Crippen LogP contribution is -2.41. The smallest absolute Gasteiger partial charge is 0.456 e. The fraction of sp³-hybridized carbons (Fsp3) is 0.0769. The highest BCUT2D eigenvalue weighted by Gasteiger charge is 2.55. The molecule has 0 unspecified atom stereocenters. The molecule has 1 fully saturated rings. The number of para-hydroxylation sites is 4. The van der Waals surface area contributed by atoms with E-state index >= 15 is 0 Å². The van der Waals surface area contributed by atoms with Crippen molar-refractivity contribution in [2.45, 2.75) is 49.7 Å². The van der Waals surface area contributed by atoms with Gasteiger partial charge in [-0.05, 0) is 242 Å². The second-order valence-corrected chi connectivity index (χ2v) is 32.5. The lowest BCUT2D eigenvalue weighted by atomic mass is 9.70. The predicted molar refractivity (Wildman–Crippen MR) is 464 cm³/mol. The van der Waals surface area contributed by atoms with Crippen molar-refractivity contribution in [1.29, 1.82) is 0 Å². The van der Waals surface area contributed by atoms with E-state index in [1.165, 1.54) is 155 Å². The van der Waals surface area contributed by atoms with E-state index in [0.717, 1.165) is 53.8 Å². The normalized spacial score (nSPS) is 15.0. The number of hydrogen-bond donors (Lipinski definition) is 0. The Morgan fingerprint density at radius 1 is 0.250 bits per heavy atom. The summed E-state index contributed by atoms with van der Waals surface area (Å²) in [4.78, 5) is 0. The van der Waals surface area contributed by atoms with E-state index in [1.54, 1.807) is 0 Å². The Morgan fingerprint density at radius 2 is 0.580 bits per heavy atom. The zero-order chi connectivity index (χ0) is 74.5. The van der Waals surface area contributed by atoms with Gasteiger partial charge < -0.3 is 27.3 Å².